The van der Waals surface area contributed by atoms with Crippen LogP contribution in [0.15, 0.2) is 17.6 Å². The van der Waals surface area contributed by atoms with Crippen LogP contribution in [-0.4, -0.2) is 69.0 Å². The monoisotopic (exact) mass is 446 g/mol. The molecule has 9 nitrogen and oxygen atoms in total. The number of aromatic nitrogens is 4. The van der Waals surface area contributed by atoms with E-state index in [1.165, 1.54) is 11.8 Å². The first-order valence-corrected chi connectivity index (χ1v) is 11.5. The molecule has 1 saturated heterocycles. The quantitative estimate of drug-likeness (QED) is 0.543. The van der Waals surface area contributed by atoms with Crippen LogP contribution in [0.2, 0.25) is 0 Å². The summed E-state index contributed by atoms with van der Waals surface area (Å²) in [5, 5.41) is 4.06. The number of anilines is 1. The van der Waals surface area contributed by atoms with E-state index < -0.39 is 5.60 Å². The van der Waals surface area contributed by atoms with Crippen LogP contribution in [-0.2, 0) is 4.74 Å². The van der Waals surface area contributed by atoms with Gasteiger partial charge < -0.3 is 19.7 Å². The zero-order valence-electron chi connectivity index (χ0n) is 18.9. The Morgan fingerprint density at radius 1 is 1.26 bits per heavy atom. The lowest BCUT2D eigenvalue weighted by Crippen LogP contribution is -2.47. The van der Waals surface area contributed by atoms with Gasteiger partial charge >= 0.3 is 6.09 Å². The van der Waals surface area contributed by atoms with Gasteiger partial charge in [-0.3, -0.25) is 0 Å². The zero-order valence-corrected chi connectivity index (χ0v) is 19.7. The van der Waals surface area contributed by atoms with Crippen molar-refractivity contribution in [2.75, 3.05) is 31.8 Å². The highest BCUT2D eigenvalue weighted by Crippen LogP contribution is 2.34. The Morgan fingerprint density at radius 2 is 1.97 bits per heavy atom. The highest BCUT2D eigenvalue weighted by Gasteiger charge is 2.29. The van der Waals surface area contributed by atoms with Crippen LogP contribution >= 0.6 is 11.8 Å². The maximum absolute atomic E-state index is 12.5. The number of nitrogens with one attached hydrogen (secondary N) is 1. The fraction of sp³-hybridized carbons (Fsp3) is 0.571. The highest BCUT2D eigenvalue weighted by molar-refractivity contribution is 7.98. The molecule has 168 valence electrons. The average Bonchev–Trinajstić information content (AvgIpc) is 2.73. The summed E-state index contributed by atoms with van der Waals surface area (Å²) in [4.78, 5) is 32.3. The summed E-state index contributed by atoms with van der Waals surface area (Å²) in [7, 11) is 1.57. The molecule has 31 heavy (non-hydrogen) atoms. The predicted octanol–water partition coefficient (Wildman–Crippen LogP) is 3.78. The van der Waals surface area contributed by atoms with Crippen molar-refractivity contribution in [3.05, 3.63) is 18.0 Å². The molecule has 3 heterocycles. The second kappa shape index (κ2) is 9.67. The van der Waals surface area contributed by atoms with Crippen molar-refractivity contribution in [1.29, 1.82) is 0 Å². The molecule has 1 N–H and O–H groups in total. The Hall–Kier alpha value is -2.62. The first kappa shape index (κ1) is 23.1. The molecule has 1 atom stereocenters. The van der Waals surface area contributed by atoms with Gasteiger partial charge in [0.15, 0.2) is 11.0 Å². The van der Waals surface area contributed by atoms with Crippen molar-refractivity contribution in [1.82, 2.24) is 24.8 Å². The van der Waals surface area contributed by atoms with Crippen LogP contribution < -0.4 is 10.1 Å². The average molecular weight is 447 g/mol. The SMILES string of the molecule is COc1nc(SC)nc(N[C@@H]2CCCN(C(=O)OC(C)(C)C)C2)c1-c1ncc(C)cn1. The minimum absolute atomic E-state index is 0.000205. The molecule has 0 aliphatic carbocycles. The van der Waals surface area contributed by atoms with Gasteiger partial charge in [0.2, 0.25) is 5.88 Å². The first-order chi connectivity index (χ1) is 14.7. The number of aryl methyl sites for hydroxylation is 1. The van der Waals surface area contributed by atoms with Gasteiger partial charge in [-0.25, -0.2) is 19.7 Å². The van der Waals surface area contributed by atoms with Gasteiger partial charge in [-0.05, 0) is 52.4 Å². The van der Waals surface area contributed by atoms with E-state index in [1.54, 1.807) is 24.4 Å². The fourth-order valence-electron chi connectivity index (χ4n) is 3.27. The number of carbonyl (C=O) groups excluding carboxylic acids is 1. The number of piperidine rings is 1. The smallest absolute Gasteiger partial charge is 0.410 e. The number of hydrogen-bond acceptors (Lipinski definition) is 9. The first-order valence-electron chi connectivity index (χ1n) is 10.2. The van der Waals surface area contributed by atoms with Gasteiger partial charge in [0, 0.05) is 31.5 Å². The van der Waals surface area contributed by atoms with E-state index in [1.807, 2.05) is 34.0 Å². The molecule has 0 saturated carbocycles. The number of hydrogen-bond donors (Lipinski definition) is 1. The number of methoxy groups -OCH3 is 1. The molecular weight excluding hydrogens is 416 g/mol. The van der Waals surface area contributed by atoms with E-state index in [-0.39, 0.29) is 12.1 Å². The van der Waals surface area contributed by atoms with Crippen LogP contribution in [0.3, 0.4) is 0 Å². The molecule has 0 radical (unpaired) electrons. The minimum atomic E-state index is -0.527. The number of ether oxygens (including phenoxy) is 2. The Morgan fingerprint density at radius 3 is 2.58 bits per heavy atom. The molecule has 0 bridgehead atoms. The van der Waals surface area contributed by atoms with Crippen LogP contribution in [0.5, 0.6) is 5.88 Å². The van der Waals surface area contributed by atoms with Gasteiger partial charge in [0.05, 0.1) is 7.11 Å². The van der Waals surface area contributed by atoms with E-state index in [2.05, 4.69) is 25.3 Å². The fourth-order valence-corrected chi connectivity index (χ4v) is 3.62. The summed E-state index contributed by atoms with van der Waals surface area (Å²) in [5.74, 6) is 1.49. The number of rotatable bonds is 5. The topological polar surface area (TPSA) is 102 Å². The van der Waals surface area contributed by atoms with Gasteiger partial charge in [0.25, 0.3) is 0 Å². The van der Waals surface area contributed by atoms with E-state index in [0.29, 0.717) is 41.3 Å². The Balaban J connectivity index is 1.89. The molecule has 0 spiro atoms. The maximum atomic E-state index is 12.5. The third-order valence-electron chi connectivity index (χ3n) is 4.65. The third-order valence-corrected chi connectivity index (χ3v) is 5.20. The summed E-state index contributed by atoms with van der Waals surface area (Å²) in [6.45, 7) is 8.73. The van der Waals surface area contributed by atoms with Crippen molar-refractivity contribution in [3.63, 3.8) is 0 Å². The van der Waals surface area contributed by atoms with Crippen LogP contribution in [0.25, 0.3) is 11.4 Å². The van der Waals surface area contributed by atoms with Crippen molar-refractivity contribution >= 4 is 23.7 Å². The summed E-state index contributed by atoms with van der Waals surface area (Å²) in [5.41, 5.74) is 1.04. The van der Waals surface area contributed by atoms with E-state index in [4.69, 9.17) is 9.47 Å². The molecule has 1 aliphatic rings. The number of likely N-dealkylation sites (tertiary alicyclic amines) is 1. The number of thioether (sulfide) groups is 1. The van der Waals surface area contributed by atoms with Crippen LogP contribution in [0.4, 0.5) is 10.6 Å². The summed E-state index contributed by atoms with van der Waals surface area (Å²) < 4.78 is 11.1. The third kappa shape index (κ3) is 5.96. The standard InChI is InChI=1S/C21H30N6O3S/c1-13-10-22-16(23-11-13)15-17(25-19(31-6)26-18(15)29-5)24-14-8-7-9-27(12-14)20(28)30-21(2,3)4/h10-11,14H,7-9,12H2,1-6H3,(H,24,25,26)/t14-/m1/s1. The minimum Gasteiger partial charge on any atom is -0.480 e. The Bertz CT molecular complexity index is 917. The van der Waals surface area contributed by atoms with E-state index >= 15 is 0 Å². The number of carbonyl (C=O) groups is 1. The second-order valence-electron chi connectivity index (χ2n) is 8.44. The summed E-state index contributed by atoms with van der Waals surface area (Å²) in [6, 6.07) is -0.000205. The Labute approximate surface area is 187 Å². The molecule has 1 fully saturated rings. The molecular formula is C21H30N6O3S. The number of nitrogens with zero attached hydrogens (tertiary/aromatic N) is 5. The van der Waals surface area contributed by atoms with Gasteiger partial charge in [-0.15, -0.1) is 0 Å². The second-order valence-corrected chi connectivity index (χ2v) is 9.21. The van der Waals surface area contributed by atoms with Gasteiger partial charge in [0.1, 0.15) is 17.0 Å². The normalized spacial score (nSPS) is 16.7. The van der Waals surface area contributed by atoms with Gasteiger partial charge in [-0.2, -0.15) is 4.98 Å². The number of amides is 1. The molecule has 2 aromatic rings. The van der Waals surface area contributed by atoms with E-state index in [0.717, 1.165) is 18.4 Å². The van der Waals surface area contributed by atoms with Crippen molar-refractivity contribution in [2.45, 2.75) is 57.3 Å². The van der Waals surface area contributed by atoms with Crippen LogP contribution in [0.1, 0.15) is 39.2 Å². The van der Waals surface area contributed by atoms with Crippen molar-refractivity contribution in [3.8, 4) is 17.3 Å². The molecule has 2 aromatic heterocycles. The maximum Gasteiger partial charge on any atom is 0.410 e. The van der Waals surface area contributed by atoms with E-state index in [9.17, 15) is 4.79 Å². The molecule has 1 amide bonds. The predicted molar refractivity (Wildman–Crippen MR) is 121 cm³/mol. The van der Waals surface area contributed by atoms with Gasteiger partial charge in [-0.1, -0.05) is 11.8 Å². The largest absolute Gasteiger partial charge is 0.480 e. The van der Waals surface area contributed by atoms with Crippen molar-refractivity contribution in [2.24, 2.45) is 0 Å². The lowest BCUT2D eigenvalue weighted by atomic mass is 10.1. The van der Waals surface area contributed by atoms with Crippen LogP contribution in [0, 0.1) is 6.92 Å². The highest BCUT2D eigenvalue weighted by atomic mass is 32.2. The molecule has 1 aliphatic heterocycles. The molecule has 0 aromatic carbocycles. The summed E-state index contributed by atoms with van der Waals surface area (Å²) >= 11 is 1.43. The molecule has 10 heteroatoms. The zero-order chi connectivity index (χ0) is 22.6. The molecule has 0 unspecified atom stereocenters. The lowest BCUT2D eigenvalue weighted by Gasteiger charge is -2.34. The lowest BCUT2D eigenvalue weighted by molar-refractivity contribution is 0.0206. The molecule has 3 rings (SSSR count). The Kier molecular flexibility index (Phi) is 7.19. The summed E-state index contributed by atoms with van der Waals surface area (Å²) in [6.07, 6.45) is 6.87. The van der Waals surface area contributed by atoms with Crippen molar-refractivity contribution < 1.29 is 14.3 Å².